The molecule has 0 atom stereocenters. The van der Waals surface area contributed by atoms with E-state index in [9.17, 15) is 4.79 Å². The molecule has 2 N–H and O–H groups in total. The Morgan fingerprint density at radius 1 is 1.20 bits per heavy atom. The van der Waals surface area contributed by atoms with Crippen molar-refractivity contribution in [2.24, 2.45) is 0 Å². The highest BCUT2D eigenvalue weighted by Crippen LogP contribution is 2.36. The van der Waals surface area contributed by atoms with E-state index in [4.69, 9.17) is 35.4 Å². The number of hydrogen-bond donors (Lipinski definition) is 2. The van der Waals surface area contributed by atoms with E-state index in [1.54, 1.807) is 18.2 Å². The Balaban J connectivity index is 1.77. The lowest BCUT2D eigenvalue weighted by molar-refractivity contribution is 0.0982. The first-order chi connectivity index (χ1) is 11.8. The van der Waals surface area contributed by atoms with Crippen LogP contribution in [0.1, 0.15) is 15.2 Å². The van der Waals surface area contributed by atoms with Gasteiger partial charge in [-0.25, -0.2) is 0 Å². The number of amides is 1. The maximum atomic E-state index is 12.5. The Morgan fingerprint density at radius 3 is 2.68 bits per heavy atom. The van der Waals surface area contributed by atoms with Crippen LogP contribution in [0, 0.1) is 10.5 Å². The minimum atomic E-state index is -0.344. The van der Waals surface area contributed by atoms with Crippen LogP contribution in [0.25, 0.3) is 10.1 Å². The zero-order chi connectivity index (χ0) is 18.1. The molecule has 0 radical (unpaired) electrons. The Bertz CT molecular complexity index is 1000. The van der Waals surface area contributed by atoms with Crippen LogP contribution in [0.5, 0.6) is 0 Å². The van der Waals surface area contributed by atoms with E-state index in [2.05, 4.69) is 33.2 Å². The summed E-state index contributed by atoms with van der Waals surface area (Å²) in [7, 11) is 0. The lowest BCUT2D eigenvalue weighted by Crippen LogP contribution is -2.34. The van der Waals surface area contributed by atoms with Gasteiger partial charge in [-0.3, -0.25) is 10.1 Å². The summed E-state index contributed by atoms with van der Waals surface area (Å²) in [5.41, 5.74) is 1.89. The molecule has 25 heavy (non-hydrogen) atoms. The maximum absolute atomic E-state index is 12.5. The second-order valence-electron chi connectivity index (χ2n) is 5.25. The first kappa shape index (κ1) is 18.8. The third-order valence-corrected chi connectivity index (χ3v) is 6.23. The number of thiocarbonyl (C=S) groups is 1. The second-order valence-corrected chi connectivity index (χ2v) is 8.77. The average molecular weight is 521 g/mol. The van der Waals surface area contributed by atoms with Crippen LogP contribution in [0.3, 0.4) is 0 Å². The van der Waals surface area contributed by atoms with Crippen LogP contribution >= 0.6 is 69.3 Å². The van der Waals surface area contributed by atoms with E-state index >= 15 is 0 Å². The predicted octanol–water partition coefficient (Wildman–Crippen LogP) is 6.25. The van der Waals surface area contributed by atoms with Crippen LogP contribution in [-0.4, -0.2) is 11.0 Å². The van der Waals surface area contributed by atoms with Gasteiger partial charge in [0, 0.05) is 24.4 Å². The summed E-state index contributed by atoms with van der Waals surface area (Å²) in [6.07, 6.45) is 0. The fourth-order valence-corrected chi connectivity index (χ4v) is 4.80. The zero-order valence-electron chi connectivity index (χ0n) is 12.8. The van der Waals surface area contributed by atoms with Gasteiger partial charge in [-0.2, -0.15) is 0 Å². The first-order valence-corrected chi connectivity index (χ1v) is 10.2. The summed E-state index contributed by atoms with van der Waals surface area (Å²) in [6, 6.07) is 11.3. The number of rotatable bonds is 2. The number of aryl methyl sites for hydroxylation is 1. The van der Waals surface area contributed by atoms with Gasteiger partial charge in [-0.15, -0.1) is 11.3 Å². The number of benzene rings is 2. The van der Waals surface area contributed by atoms with Gasteiger partial charge in [-0.05, 0) is 77.6 Å². The smallest absolute Gasteiger partial charge is 0.269 e. The topological polar surface area (TPSA) is 41.1 Å². The van der Waals surface area contributed by atoms with E-state index in [0.717, 1.165) is 24.9 Å². The van der Waals surface area contributed by atoms with Crippen molar-refractivity contribution in [3.63, 3.8) is 0 Å². The van der Waals surface area contributed by atoms with Gasteiger partial charge in [0.1, 0.15) is 4.88 Å². The molecule has 1 amide bonds. The molecular formula is C17H11Cl2IN2OS2. The van der Waals surface area contributed by atoms with Gasteiger partial charge in [0.25, 0.3) is 5.91 Å². The minimum Gasteiger partial charge on any atom is -0.332 e. The van der Waals surface area contributed by atoms with Crippen LogP contribution in [0.2, 0.25) is 10.0 Å². The van der Waals surface area contributed by atoms with Gasteiger partial charge >= 0.3 is 0 Å². The quantitative estimate of drug-likeness (QED) is 0.310. The highest BCUT2D eigenvalue weighted by Gasteiger charge is 2.18. The van der Waals surface area contributed by atoms with Gasteiger partial charge in [0.05, 0.1) is 5.02 Å². The van der Waals surface area contributed by atoms with Crippen molar-refractivity contribution >= 4 is 96.1 Å². The summed E-state index contributed by atoms with van der Waals surface area (Å²) < 4.78 is 1.99. The SMILES string of the molecule is Cc1cc(I)ccc1NC(=S)NC(=O)c1sc2cc(Cl)ccc2c1Cl. The summed E-state index contributed by atoms with van der Waals surface area (Å²) in [5, 5.41) is 7.74. The lowest BCUT2D eigenvalue weighted by Gasteiger charge is -2.11. The number of thiophene rings is 1. The van der Waals surface area contributed by atoms with E-state index in [1.807, 2.05) is 25.1 Å². The van der Waals surface area contributed by atoms with Crippen molar-refractivity contribution in [2.75, 3.05) is 5.32 Å². The Morgan fingerprint density at radius 2 is 1.96 bits per heavy atom. The van der Waals surface area contributed by atoms with E-state index in [1.165, 1.54) is 11.3 Å². The average Bonchev–Trinajstić information content (AvgIpc) is 2.86. The molecule has 2 aromatic carbocycles. The van der Waals surface area contributed by atoms with Crippen LogP contribution < -0.4 is 10.6 Å². The molecule has 3 rings (SSSR count). The van der Waals surface area contributed by atoms with Gasteiger partial charge in [0.2, 0.25) is 0 Å². The van der Waals surface area contributed by atoms with E-state index < -0.39 is 0 Å². The molecule has 8 heteroatoms. The van der Waals surface area contributed by atoms with E-state index in [0.29, 0.717) is 14.9 Å². The van der Waals surface area contributed by atoms with Crippen molar-refractivity contribution in [2.45, 2.75) is 6.92 Å². The summed E-state index contributed by atoms with van der Waals surface area (Å²) >= 11 is 21.1. The number of carbonyl (C=O) groups is 1. The summed E-state index contributed by atoms with van der Waals surface area (Å²) in [5.74, 6) is -0.344. The summed E-state index contributed by atoms with van der Waals surface area (Å²) in [6.45, 7) is 1.97. The fourth-order valence-electron chi connectivity index (χ4n) is 2.27. The third-order valence-electron chi connectivity index (χ3n) is 3.46. The maximum Gasteiger partial charge on any atom is 0.269 e. The minimum absolute atomic E-state index is 0.223. The largest absolute Gasteiger partial charge is 0.332 e. The van der Waals surface area contributed by atoms with Gasteiger partial charge in [0.15, 0.2) is 5.11 Å². The van der Waals surface area contributed by atoms with Crippen molar-refractivity contribution in [1.82, 2.24) is 5.32 Å². The molecule has 3 nitrogen and oxygen atoms in total. The van der Waals surface area contributed by atoms with Crippen LogP contribution in [0.4, 0.5) is 5.69 Å². The molecule has 0 aliphatic heterocycles. The highest BCUT2D eigenvalue weighted by atomic mass is 127. The number of hydrogen-bond acceptors (Lipinski definition) is 3. The molecule has 0 spiro atoms. The normalized spacial score (nSPS) is 10.7. The number of fused-ring (bicyclic) bond motifs is 1. The molecule has 0 aliphatic carbocycles. The Kier molecular flexibility index (Phi) is 5.85. The monoisotopic (exact) mass is 520 g/mol. The Labute approximate surface area is 177 Å². The fraction of sp³-hybridized carbons (Fsp3) is 0.0588. The predicted molar refractivity (Wildman–Crippen MR) is 119 cm³/mol. The van der Waals surface area contributed by atoms with E-state index in [-0.39, 0.29) is 11.0 Å². The van der Waals surface area contributed by atoms with Crippen molar-refractivity contribution < 1.29 is 4.79 Å². The zero-order valence-corrected chi connectivity index (χ0v) is 18.1. The van der Waals surface area contributed by atoms with Crippen LogP contribution in [-0.2, 0) is 0 Å². The number of halogens is 3. The second kappa shape index (κ2) is 7.75. The standard InChI is InChI=1S/C17H11Cl2IN2OS2/c1-8-6-10(20)3-5-12(8)21-17(24)22-16(23)15-14(19)11-4-2-9(18)7-13(11)25-15/h2-7H,1H3,(H2,21,22,23,24). The molecule has 1 aromatic heterocycles. The summed E-state index contributed by atoms with van der Waals surface area (Å²) in [4.78, 5) is 12.9. The number of anilines is 1. The molecule has 0 bridgehead atoms. The molecule has 0 saturated heterocycles. The molecule has 3 aromatic rings. The number of carbonyl (C=O) groups excluding carboxylic acids is 1. The number of nitrogens with one attached hydrogen (secondary N) is 2. The lowest BCUT2D eigenvalue weighted by atomic mass is 10.2. The molecule has 0 fully saturated rings. The van der Waals surface area contributed by atoms with Gasteiger partial charge in [-0.1, -0.05) is 29.3 Å². The van der Waals surface area contributed by atoms with Crippen molar-refractivity contribution in [1.29, 1.82) is 0 Å². The van der Waals surface area contributed by atoms with Crippen molar-refractivity contribution in [3.8, 4) is 0 Å². The molecule has 0 aliphatic rings. The third kappa shape index (κ3) is 4.25. The molecule has 1 heterocycles. The molecule has 0 unspecified atom stereocenters. The first-order valence-electron chi connectivity index (χ1n) is 7.11. The van der Waals surface area contributed by atoms with Crippen molar-refractivity contribution in [3.05, 3.63) is 60.5 Å². The van der Waals surface area contributed by atoms with Crippen LogP contribution in [0.15, 0.2) is 36.4 Å². The highest BCUT2D eigenvalue weighted by molar-refractivity contribution is 14.1. The molecule has 128 valence electrons. The molecular weight excluding hydrogens is 510 g/mol. The molecule has 0 saturated carbocycles. The van der Waals surface area contributed by atoms with Gasteiger partial charge < -0.3 is 5.32 Å². The Hall–Kier alpha value is -0.930.